The van der Waals surface area contributed by atoms with Crippen LogP contribution in [0.15, 0.2) is 186 Å². The van der Waals surface area contributed by atoms with Crippen LogP contribution in [0.5, 0.6) is 5.75 Å². The molecule has 0 spiro atoms. The van der Waals surface area contributed by atoms with Gasteiger partial charge in [-0.25, -0.2) is 8.42 Å². The molecule has 0 fully saturated rings. The number of nitrogens with zero attached hydrogens (tertiary/aromatic N) is 7. The molecule has 14 rings (SSSR count). The molecule has 410 valence electrons. The van der Waals surface area contributed by atoms with Crippen LogP contribution in [0.25, 0.3) is 6.08 Å². The molecule has 0 radical (unpaired) electrons. The van der Waals surface area contributed by atoms with Crippen molar-refractivity contribution in [3.8, 4) is 5.75 Å². The second-order valence-corrected chi connectivity index (χ2v) is 23.8. The number of aryl methyl sites for hydroxylation is 2. The Morgan fingerprint density at radius 2 is 0.872 bits per heavy atom. The fourth-order valence-electron chi connectivity index (χ4n) is 10.5. The number of sulfone groups is 1. The number of thioether (sulfide) groups is 1. The van der Waals surface area contributed by atoms with Crippen molar-refractivity contribution in [1.82, 2.24) is 0 Å². The van der Waals surface area contributed by atoms with Gasteiger partial charge in [0.2, 0.25) is 0 Å². The van der Waals surface area contributed by atoms with Gasteiger partial charge in [-0.3, -0.25) is 0 Å². The van der Waals surface area contributed by atoms with Crippen molar-refractivity contribution in [3.63, 3.8) is 0 Å². The predicted octanol–water partition coefficient (Wildman–Crippen LogP) is 12.6. The Morgan fingerprint density at radius 3 is 1.45 bits per heavy atom. The molecule has 0 amide bonds. The number of likely N-dealkylation sites (N-methyl/N-ethyl adjacent to an activating group) is 3. The second-order valence-electron chi connectivity index (χ2n) is 20.6. The highest BCUT2D eigenvalue weighted by Crippen LogP contribution is 2.34. The molecule has 7 aromatic rings. The summed E-state index contributed by atoms with van der Waals surface area (Å²) < 4.78 is 28.6. The normalized spacial score (nSPS) is 16.4. The summed E-state index contributed by atoms with van der Waals surface area (Å²) in [7, 11) is 11.7. The van der Waals surface area contributed by atoms with Crippen molar-refractivity contribution >= 4 is 67.5 Å². The van der Waals surface area contributed by atoms with E-state index >= 15 is 0 Å². The van der Waals surface area contributed by atoms with Crippen molar-refractivity contribution in [2.24, 2.45) is 0 Å². The number of ether oxygens (including phenoxy) is 1. The van der Waals surface area contributed by atoms with E-state index in [0.29, 0.717) is 11.4 Å². The summed E-state index contributed by atoms with van der Waals surface area (Å²) in [4.78, 5) is 17.6. The second kappa shape index (κ2) is 28.0. The van der Waals surface area contributed by atoms with Crippen LogP contribution in [-0.2, 0) is 29.1 Å². The number of benzene rings is 7. The third-order valence-electron chi connectivity index (χ3n) is 15.1. The molecule has 7 aromatic carbocycles. The summed E-state index contributed by atoms with van der Waals surface area (Å²) in [5.41, 5.74) is 14.8. The third kappa shape index (κ3) is 15.2. The number of fused-ring (bicyclic) bond motifs is 7. The van der Waals surface area contributed by atoms with E-state index in [2.05, 4.69) is 211 Å². The lowest BCUT2D eigenvalue weighted by molar-refractivity contribution is 0.311. The Morgan fingerprint density at radius 1 is 0.410 bits per heavy atom. The average Bonchev–Trinajstić information content (AvgIpc) is 3.92. The van der Waals surface area contributed by atoms with Crippen molar-refractivity contribution in [3.05, 3.63) is 198 Å². The van der Waals surface area contributed by atoms with E-state index in [-0.39, 0.29) is 5.75 Å². The van der Waals surface area contributed by atoms with Gasteiger partial charge < -0.3 is 39.0 Å². The van der Waals surface area contributed by atoms with Crippen LogP contribution < -0.4 is 39.0 Å². The minimum atomic E-state index is -3.02. The topological polar surface area (TPSA) is 66.0 Å². The van der Waals surface area contributed by atoms with Crippen molar-refractivity contribution < 1.29 is 13.2 Å². The average molecular weight is 1080 g/mol. The summed E-state index contributed by atoms with van der Waals surface area (Å²) >= 11 is 1.95. The van der Waals surface area contributed by atoms with Crippen molar-refractivity contribution in [2.75, 3.05) is 148 Å². The molecule has 12 heteroatoms. The van der Waals surface area contributed by atoms with E-state index in [4.69, 9.17) is 4.74 Å². The number of anilines is 7. The summed E-state index contributed by atoms with van der Waals surface area (Å²) in [6.45, 7) is 8.15. The van der Waals surface area contributed by atoms with Crippen LogP contribution in [0.2, 0.25) is 0 Å². The highest BCUT2D eigenvalue weighted by Gasteiger charge is 2.25. The lowest BCUT2D eigenvalue weighted by Crippen LogP contribution is -2.31. The molecular formula is C66H81N7O3S2. The van der Waals surface area contributed by atoms with E-state index in [9.17, 15) is 8.42 Å². The zero-order chi connectivity index (χ0) is 54.9. The van der Waals surface area contributed by atoms with Crippen LogP contribution in [0.1, 0.15) is 35.1 Å². The predicted molar refractivity (Wildman–Crippen MR) is 336 cm³/mol. The Balaban J connectivity index is 0.000000120. The Labute approximate surface area is 471 Å². The molecule has 7 aliphatic rings. The van der Waals surface area contributed by atoms with E-state index in [0.717, 1.165) is 31.1 Å². The Hall–Kier alpha value is -7.02. The molecule has 0 N–H and O–H groups in total. The van der Waals surface area contributed by atoms with E-state index in [1.54, 1.807) is 12.1 Å². The summed E-state index contributed by atoms with van der Waals surface area (Å²) in [5, 5.41) is 0. The molecule has 0 saturated carbocycles. The van der Waals surface area contributed by atoms with Crippen LogP contribution in [-0.4, -0.2) is 122 Å². The number of rotatable bonds is 0. The van der Waals surface area contributed by atoms with Gasteiger partial charge >= 0.3 is 0 Å². The number of para-hydroxylation sites is 8. The molecule has 10 nitrogen and oxygen atoms in total. The molecule has 0 unspecified atom stereocenters. The first-order valence-electron chi connectivity index (χ1n) is 27.6. The van der Waals surface area contributed by atoms with Gasteiger partial charge in [-0.15, -0.1) is 11.8 Å². The molecule has 0 bridgehead atoms. The van der Waals surface area contributed by atoms with Crippen LogP contribution in [0.4, 0.5) is 39.8 Å². The molecule has 7 aliphatic heterocycles. The minimum Gasteiger partial charge on any atom is -0.490 e. The molecular weight excluding hydrogens is 1000 g/mol. The van der Waals surface area contributed by atoms with Crippen LogP contribution in [0, 0.1) is 0 Å². The van der Waals surface area contributed by atoms with E-state index in [1.807, 2.05) is 54.0 Å². The highest BCUT2D eigenvalue weighted by atomic mass is 32.2. The van der Waals surface area contributed by atoms with Gasteiger partial charge in [-0.05, 0) is 115 Å². The zero-order valence-corrected chi connectivity index (χ0v) is 48.7. The van der Waals surface area contributed by atoms with Crippen molar-refractivity contribution in [1.29, 1.82) is 0 Å². The molecule has 0 aliphatic carbocycles. The first kappa shape index (κ1) is 57.2. The largest absolute Gasteiger partial charge is 0.490 e. The standard InChI is InChI=1S/2C10H13N.C10H11N.C9H11NO2S.C9H11NO.C9H11NS.C9H11N/c3*1-11-8-4-6-9-5-2-3-7-10(9)11;1-10-6-7-13(11,12)9-5-3-2-4-8(9)10;2*1-10-6-7-11-9-5-3-2-4-8(9)10;1-10-7-6-8-4-2-3-5-9(8)10/h2*2-3,5,7H,4,6,8H2,1H3;2-7H,8H2,1H3;2-5H,6-7H2,1H3;2*2-5H,6-7H2,1H3;2-5H,6-7H2,1H3. The van der Waals surface area contributed by atoms with E-state index in [1.165, 1.54) is 125 Å². The highest BCUT2D eigenvalue weighted by molar-refractivity contribution is 7.99. The number of hydrogen-bond acceptors (Lipinski definition) is 11. The molecule has 7 heterocycles. The van der Waals surface area contributed by atoms with Crippen LogP contribution in [0.3, 0.4) is 0 Å². The van der Waals surface area contributed by atoms with Gasteiger partial charge in [0.25, 0.3) is 0 Å². The maximum Gasteiger partial charge on any atom is 0.182 e. The van der Waals surface area contributed by atoms with Gasteiger partial charge in [0.15, 0.2) is 9.84 Å². The van der Waals surface area contributed by atoms with Gasteiger partial charge in [0, 0.05) is 122 Å². The molecule has 78 heavy (non-hydrogen) atoms. The SMILES string of the molecule is CN1CC=Cc2ccccc21.CN1CCCc2ccccc21.CN1CCCc2ccccc21.CN1CCOc2ccccc21.CN1CCS(=O)(=O)c2ccccc21.CN1CCSc2ccccc21.CN1CCc2ccccc21. The van der Waals surface area contributed by atoms with Crippen molar-refractivity contribution in [2.45, 2.75) is 41.9 Å². The fourth-order valence-corrected chi connectivity index (χ4v) is 13.2. The fraction of sp³-hybridized carbons (Fsp3) is 0.333. The molecule has 0 aromatic heterocycles. The maximum absolute atomic E-state index is 11.6. The Kier molecular flexibility index (Phi) is 20.5. The first-order valence-corrected chi connectivity index (χ1v) is 30.2. The van der Waals surface area contributed by atoms with Gasteiger partial charge in [0.1, 0.15) is 12.4 Å². The van der Waals surface area contributed by atoms with Crippen LogP contribution >= 0.6 is 11.8 Å². The number of hydrogen-bond donors (Lipinski definition) is 0. The van der Waals surface area contributed by atoms with Gasteiger partial charge in [0.05, 0.1) is 34.3 Å². The van der Waals surface area contributed by atoms with Gasteiger partial charge in [-0.1, -0.05) is 121 Å². The van der Waals surface area contributed by atoms with Gasteiger partial charge in [-0.2, -0.15) is 0 Å². The minimum absolute atomic E-state index is 0.223. The first-order chi connectivity index (χ1) is 37.9. The maximum atomic E-state index is 11.6. The lowest BCUT2D eigenvalue weighted by atomic mass is 10.0. The quantitative estimate of drug-likeness (QED) is 0.146. The summed E-state index contributed by atoms with van der Waals surface area (Å²) in [6, 6.07) is 58.2. The smallest absolute Gasteiger partial charge is 0.182 e. The van der Waals surface area contributed by atoms with E-state index < -0.39 is 9.84 Å². The molecule has 0 saturated heterocycles. The third-order valence-corrected chi connectivity index (χ3v) is 17.8. The Bertz CT molecular complexity index is 2940. The molecule has 0 atom stereocenters. The summed E-state index contributed by atoms with van der Waals surface area (Å²) in [5.74, 6) is 2.44. The zero-order valence-electron chi connectivity index (χ0n) is 47.1. The lowest BCUT2D eigenvalue weighted by Gasteiger charge is -2.27. The summed E-state index contributed by atoms with van der Waals surface area (Å²) in [6.07, 6.45) is 10.7. The monoisotopic (exact) mass is 1080 g/mol.